The minimum atomic E-state index is 0.106. The molecule has 2 rings (SSSR count). The first-order valence-electron chi connectivity index (χ1n) is 4.50. The summed E-state index contributed by atoms with van der Waals surface area (Å²) in [6, 6.07) is 7.48. The second-order valence-electron chi connectivity index (χ2n) is 3.13. The van der Waals surface area contributed by atoms with E-state index < -0.39 is 0 Å². The highest BCUT2D eigenvalue weighted by Crippen LogP contribution is 2.18. The van der Waals surface area contributed by atoms with Gasteiger partial charge in [-0.25, -0.2) is 0 Å². The van der Waals surface area contributed by atoms with Crippen LogP contribution in [0.2, 0.25) is 0 Å². The predicted octanol–water partition coefficient (Wildman–Crippen LogP) is 1.45. The molecule has 0 radical (unpaired) electrons. The molecule has 1 aromatic heterocycles. The molecule has 0 atom stereocenters. The fraction of sp³-hybridized carbons (Fsp3) is 0.182. The molecule has 1 heterocycles. The average molecular weight is 189 g/mol. The van der Waals surface area contributed by atoms with Gasteiger partial charge in [-0.3, -0.25) is 4.79 Å². The quantitative estimate of drug-likeness (QED) is 0.742. The van der Waals surface area contributed by atoms with Crippen LogP contribution in [-0.2, 0) is 6.54 Å². The summed E-state index contributed by atoms with van der Waals surface area (Å²) in [5.74, 6) is 0. The van der Waals surface area contributed by atoms with Crippen LogP contribution in [0.5, 0.6) is 0 Å². The molecule has 0 aliphatic heterocycles. The zero-order chi connectivity index (χ0) is 9.97. The van der Waals surface area contributed by atoms with E-state index in [0.717, 1.165) is 17.2 Å². The molecular formula is C11H11NO2. The number of aromatic nitrogens is 1. The Hall–Kier alpha value is -1.61. The van der Waals surface area contributed by atoms with Gasteiger partial charge < -0.3 is 9.67 Å². The molecule has 1 N–H and O–H groups in total. The molecule has 1 aromatic carbocycles. The number of nitrogens with zero attached hydrogens (tertiary/aromatic N) is 1. The summed E-state index contributed by atoms with van der Waals surface area (Å²) >= 11 is 0. The highest BCUT2D eigenvalue weighted by molar-refractivity contribution is 5.97. The Morgan fingerprint density at radius 3 is 2.93 bits per heavy atom. The van der Waals surface area contributed by atoms with Gasteiger partial charge in [0.2, 0.25) is 0 Å². The SMILES string of the molecule is O=Cc1cccc2c1ccn2CCO. The van der Waals surface area contributed by atoms with Gasteiger partial charge in [0.05, 0.1) is 6.61 Å². The van der Waals surface area contributed by atoms with E-state index in [9.17, 15) is 4.79 Å². The molecule has 3 heteroatoms. The third-order valence-electron chi connectivity index (χ3n) is 2.32. The number of carbonyl (C=O) groups excluding carboxylic acids is 1. The molecule has 0 aliphatic carbocycles. The summed E-state index contributed by atoms with van der Waals surface area (Å²) in [7, 11) is 0. The fourth-order valence-corrected chi connectivity index (χ4v) is 1.65. The second kappa shape index (κ2) is 3.64. The van der Waals surface area contributed by atoms with E-state index in [-0.39, 0.29) is 6.61 Å². The Labute approximate surface area is 81.6 Å². The highest BCUT2D eigenvalue weighted by Gasteiger charge is 2.03. The van der Waals surface area contributed by atoms with Gasteiger partial charge in [-0.05, 0) is 12.1 Å². The zero-order valence-corrected chi connectivity index (χ0v) is 7.68. The summed E-state index contributed by atoms with van der Waals surface area (Å²) in [5.41, 5.74) is 1.68. The maximum atomic E-state index is 10.7. The number of aldehydes is 1. The van der Waals surface area contributed by atoms with E-state index in [0.29, 0.717) is 12.1 Å². The number of benzene rings is 1. The number of hydrogen-bond donors (Lipinski definition) is 1. The van der Waals surface area contributed by atoms with Crippen LogP contribution in [0.15, 0.2) is 30.5 Å². The maximum Gasteiger partial charge on any atom is 0.150 e. The van der Waals surface area contributed by atoms with E-state index in [1.54, 1.807) is 6.07 Å². The zero-order valence-electron chi connectivity index (χ0n) is 7.68. The summed E-state index contributed by atoms with van der Waals surface area (Å²) in [4.78, 5) is 10.7. The van der Waals surface area contributed by atoms with Crippen molar-refractivity contribution in [2.24, 2.45) is 0 Å². The van der Waals surface area contributed by atoms with Crippen molar-refractivity contribution >= 4 is 17.2 Å². The van der Waals surface area contributed by atoms with E-state index in [1.807, 2.05) is 29.0 Å². The van der Waals surface area contributed by atoms with Gasteiger partial charge in [0.15, 0.2) is 6.29 Å². The van der Waals surface area contributed by atoms with E-state index >= 15 is 0 Å². The van der Waals surface area contributed by atoms with Crippen LogP contribution >= 0.6 is 0 Å². The number of fused-ring (bicyclic) bond motifs is 1. The van der Waals surface area contributed by atoms with E-state index in [2.05, 4.69) is 0 Å². The molecule has 3 nitrogen and oxygen atoms in total. The van der Waals surface area contributed by atoms with Crippen molar-refractivity contribution in [1.82, 2.24) is 4.57 Å². The average Bonchev–Trinajstić information content (AvgIpc) is 2.62. The normalized spacial score (nSPS) is 10.6. The molecule has 0 saturated carbocycles. The van der Waals surface area contributed by atoms with Gasteiger partial charge in [-0.15, -0.1) is 0 Å². The second-order valence-corrected chi connectivity index (χ2v) is 3.13. The molecule has 0 amide bonds. The Morgan fingerprint density at radius 2 is 2.21 bits per heavy atom. The van der Waals surface area contributed by atoms with Gasteiger partial charge in [-0.1, -0.05) is 12.1 Å². The third kappa shape index (κ3) is 1.32. The van der Waals surface area contributed by atoms with E-state index in [1.165, 1.54) is 0 Å². The lowest BCUT2D eigenvalue weighted by Gasteiger charge is -2.02. The Morgan fingerprint density at radius 1 is 1.36 bits per heavy atom. The molecule has 0 unspecified atom stereocenters. The Bertz CT molecular complexity index is 459. The lowest BCUT2D eigenvalue weighted by Crippen LogP contribution is -1.99. The monoisotopic (exact) mass is 189 g/mol. The van der Waals surface area contributed by atoms with Crippen molar-refractivity contribution in [1.29, 1.82) is 0 Å². The largest absolute Gasteiger partial charge is 0.395 e. The molecular weight excluding hydrogens is 178 g/mol. The van der Waals surface area contributed by atoms with Gasteiger partial charge >= 0.3 is 0 Å². The molecule has 0 fully saturated rings. The highest BCUT2D eigenvalue weighted by atomic mass is 16.3. The summed E-state index contributed by atoms with van der Waals surface area (Å²) in [5, 5.41) is 9.77. The van der Waals surface area contributed by atoms with Crippen molar-refractivity contribution in [3.8, 4) is 0 Å². The summed E-state index contributed by atoms with van der Waals surface area (Å²) in [6.45, 7) is 0.668. The minimum Gasteiger partial charge on any atom is -0.395 e. The lowest BCUT2D eigenvalue weighted by molar-refractivity contribution is 0.112. The van der Waals surface area contributed by atoms with Crippen molar-refractivity contribution in [3.63, 3.8) is 0 Å². The van der Waals surface area contributed by atoms with Crippen LogP contribution in [-0.4, -0.2) is 22.6 Å². The first-order valence-corrected chi connectivity index (χ1v) is 4.50. The summed E-state index contributed by atoms with van der Waals surface area (Å²) < 4.78 is 1.93. The van der Waals surface area contributed by atoms with Crippen LogP contribution in [0.3, 0.4) is 0 Å². The van der Waals surface area contributed by atoms with Crippen LogP contribution < -0.4 is 0 Å². The van der Waals surface area contributed by atoms with Gasteiger partial charge in [0.25, 0.3) is 0 Å². The lowest BCUT2D eigenvalue weighted by atomic mass is 10.1. The molecule has 14 heavy (non-hydrogen) atoms. The number of aliphatic hydroxyl groups excluding tert-OH is 1. The molecule has 0 aliphatic rings. The van der Waals surface area contributed by atoms with Crippen molar-refractivity contribution in [3.05, 3.63) is 36.0 Å². The topological polar surface area (TPSA) is 42.2 Å². The molecule has 0 spiro atoms. The van der Waals surface area contributed by atoms with Crippen molar-refractivity contribution in [2.75, 3.05) is 6.61 Å². The first-order chi connectivity index (χ1) is 6.86. The number of aliphatic hydroxyl groups is 1. The number of carbonyl (C=O) groups is 1. The van der Waals surface area contributed by atoms with Crippen molar-refractivity contribution < 1.29 is 9.90 Å². The molecule has 72 valence electrons. The summed E-state index contributed by atoms with van der Waals surface area (Å²) in [6.07, 6.45) is 2.74. The first kappa shape index (κ1) is 8.97. The van der Waals surface area contributed by atoms with Gasteiger partial charge in [-0.2, -0.15) is 0 Å². The van der Waals surface area contributed by atoms with Crippen LogP contribution in [0.1, 0.15) is 10.4 Å². The van der Waals surface area contributed by atoms with Gasteiger partial charge in [0.1, 0.15) is 0 Å². The van der Waals surface area contributed by atoms with E-state index in [4.69, 9.17) is 5.11 Å². The predicted molar refractivity (Wildman–Crippen MR) is 54.4 cm³/mol. The molecule has 0 saturated heterocycles. The third-order valence-corrected chi connectivity index (χ3v) is 2.32. The standard InChI is InChI=1S/C11H11NO2/c13-7-6-12-5-4-10-9(8-14)2-1-3-11(10)12/h1-5,8,13H,6-7H2. The minimum absolute atomic E-state index is 0.106. The maximum absolute atomic E-state index is 10.7. The van der Waals surface area contributed by atoms with Crippen LogP contribution in [0.25, 0.3) is 10.9 Å². The van der Waals surface area contributed by atoms with Crippen LogP contribution in [0, 0.1) is 0 Å². The van der Waals surface area contributed by atoms with Crippen molar-refractivity contribution in [2.45, 2.75) is 6.54 Å². The Balaban J connectivity index is 2.63. The van der Waals surface area contributed by atoms with Gasteiger partial charge in [0, 0.05) is 29.2 Å². The Kier molecular flexibility index (Phi) is 2.33. The number of rotatable bonds is 3. The molecule has 2 aromatic rings. The molecule has 0 bridgehead atoms. The van der Waals surface area contributed by atoms with Crippen LogP contribution in [0.4, 0.5) is 0 Å². The fourth-order valence-electron chi connectivity index (χ4n) is 1.65. The smallest absolute Gasteiger partial charge is 0.150 e. The number of hydrogen-bond acceptors (Lipinski definition) is 2.